The van der Waals surface area contributed by atoms with Crippen LogP contribution >= 0.6 is 0 Å². The Bertz CT molecular complexity index is 747. The molecule has 1 N–H and O–H groups in total. The van der Waals surface area contributed by atoms with Crippen molar-refractivity contribution in [1.82, 2.24) is 0 Å². The molecular weight excluding hydrogens is 325 g/mol. The summed E-state index contributed by atoms with van der Waals surface area (Å²) in [5.74, 6) is 4.04. The average Bonchev–Trinajstić information content (AvgIpc) is 2.62. The molecule has 4 heteroatoms. The molecule has 0 saturated heterocycles. The van der Waals surface area contributed by atoms with Gasteiger partial charge in [-0.2, -0.15) is 0 Å². The molecule has 0 amide bonds. The van der Waals surface area contributed by atoms with Crippen LogP contribution in [0, 0.1) is 0 Å². The Balaban J connectivity index is 1.86. The standard InChI is InChI=1S/C14H18NO.C6H6O.CH3.Al/c1-4-5-7-12-8-6-9-13-14(12)15-10(2)11(3)16-13;7-6-4-2-1-3-5-6;;/h5-10,15H,4H2,1-3H3;1-5,7H;1H3;/q;;;+1/p-1/b7-5-;;;/t10-;;;/m1.../s1. The molecule has 0 aromatic heterocycles. The maximum Gasteiger partial charge on any atom is 0.594 e. The fraction of sp³-hybridized carbons (Fsp3) is 0.333. The van der Waals surface area contributed by atoms with E-state index in [1.165, 1.54) is 5.56 Å². The minimum atomic E-state index is -1.68. The van der Waals surface area contributed by atoms with Crippen molar-refractivity contribution in [3.8, 4) is 11.5 Å². The van der Waals surface area contributed by atoms with E-state index in [1.54, 1.807) is 0 Å². The van der Waals surface area contributed by atoms with E-state index >= 15 is 0 Å². The summed E-state index contributed by atoms with van der Waals surface area (Å²) in [6.45, 7) is 6.49. The van der Waals surface area contributed by atoms with E-state index in [0.29, 0.717) is 0 Å². The fourth-order valence-electron chi connectivity index (χ4n) is 3.11. The largest absolute Gasteiger partial charge is 0.641 e. The maximum atomic E-state index is 6.53. The lowest BCUT2D eigenvalue weighted by molar-refractivity contribution is 0.129. The molecule has 0 saturated carbocycles. The fourth-order valence-corrected chi connectivity index (χ4v) is 4.99. The summed E-state index contributed by atoms with van der Waals surface area (Å²) in [6, 6.07) is 16.4. The average molecular weight is 351 g/mol. The van der Waals surface area contributed by atoms with Crippen LogP contribution in [0.15, 0.2) is 54.6 Å². The SMILES string of the molecule is CC/C=C\c1cccc2c1N[C@H](C)[C](C)([Al]([CH3])[O]c1ccccc1)O2. The summed E-state index contributed by atoms with van der Waals surface area (Å²) in [4.78, 5) is 0. The van der Waals surface area contributed by atoms with E-state index in [-0.39, 0.29) is 10.5 Å². The van der Waals surface area contributed by atoms with Crippen LogP contribution in [0.2, 0.25) is 5.79 Å². The van der Waals surface area contributed by atoms with E-state index in [9.17, 15) is 0 Å². The van der Waals surface area contributed by atoms with Crippen molar-refractivity contribution in [3.63, 3.8) is 0 Å². The van der Waals surface area contributed by atoms with Gasteiger partial charge in [0, 0.05) is 5.56 Å². The number of hydrogen-bond acceptors (Lipinski definition) is 3. The number of nitrogens with one attached hydrogen (secondary N) is 1. The second-order valence-electron chi connectivity index (χ2n) is 6.76. The maximum absolute atomic E-state index is 6.53. The number of benzene rings is 2. The van der Waals surface area contributed by atoms with Crippen LogP contribution in [0.3, 0.4) is 0 Å². The molecule has 0 radical (unpaired) electrons. The molecule has 130 valence electrons. The number of fused-ring (bicyclic) bond motifs is 1. The zero-order valence-corrected chi connectivity index (χ0v) is 16.6. The van der Waals surface area contributed by atoms with Crippen molar-refractivity contribution in [1.29, 1.82) is 0 Å². The van der Waals surface area contributed by atoms with E-state index in [4.69, 9.17) is 8.53 Å². The number of ether oxygens (including phenoxy) is 1. The quantitative estimate of drug-likeness (QED) is 0.742. The number of hydrogen-bond donors (Lipinski definition) is 1. The Hall–Kier alpha value is -1.89. The van der Waals surface area contributed by atoms with Gasteiger partial charge in [-0.3, -0.25) is 0 Å². The molecule has 1 aliphatic heterocycles. The molecule has 3 rings (SSSR count). The normalized spacial score (nSPS) is 22.0. The van der Waals surface area contributed by atoms with Crippen LogP contribution < -0.4 is 13.8 Å². The van der Waals surface area contributed by atoms with Crippen molar-refractivity contribution < 1.29 is 8.53 Å². The first-order valence-electron chi connectivity index (χ1n) is 9.01. The number of anilines is 1. The molecule has 3 nitrogen and oxygen atoms in total. The highest BCUT2D eigenvalue weighted by atomic mass is 27.2. The van der Waals surface area contributed by atoms with E-state index in [1.807, 2.05) is 36.4 Å². The summed E-state index contributed by atoms with van der Waals surface area (Å²) in [5.41, 5.74) is 2.25. The number of allylic oxidation sites excluding steroid dienone is 1. The van der Waals surface area contributed by atoms with Gasteiger partial charge in [0.05, 0.1) is 17.5 Å². The highest BCUT2D eigenvalue weighted by Crippen LogP contribution is 2.40. The monoisotopic (exact) mass is 351 g/mol. The van der Waals surface area contributed by atoms with Crippen molar-refractivity contribution in [3.05, 3.63) is 60.2 Å². The molecule has 2 aromatic carbocycles. The first-order chi connectivity index (χ1) is 12.0. The Labute approximate surface area is 155 Å². The second-order valence-corrected chi connectivity index (χ2v) is 9.42. The molecule has 1 aliphatic rings. The number of rotatable bonds is 5. The van der Waals surface area contributed by atoms with Gasteiger partial charge in [0.1, 0.15) is 10.2 Å². The summed E-state index contributed by atoms with van der Waals surface area (Å²) < 4.78 is 12.5. The van der Waals surface area contributed by atoms with Crippen LogP contribution in [0.4, 0.5) is 5.69 Å². The summed E-state index contributed by atoms with van der Waals surface area (Å²) >= 11 is -1.68. The molecule has 2 atom stereocenters. The zero-order chi connectivity index (χ0) is 17.9. The van der Waals surface area contributed by atoms with E-state index < -0.39 is 14.5 Å². The molecular formula is C21H26AlNO2. The highest BCUT2D eigenvalue weighted by molar-refractivity contribution is 6.55. The van der Waals surface area contributed by atoms with Gasteiger partial charge in [-0.1, -0.05) is 55.2 Å². The van der Waals surface area contributed by atoms with Crippen LogP contribution in [0.25, 0.3) is 6.08 Å². The lowest BCUT2D eigenvalue weighted by Crippen LogP contribution is -2.61. The number of para-hydroxylation sites is 2. The summed E-state index contributed by atoms with van der Waals surface area (Å²) in [7, 11) is 0. The molecule has 1 unspecified atom stereocenters. The van der Waals surface area contributed by atoms with Gasteiger partial charge >= 0.3 is 14.5 Å². The van der Waals surface area contributed by atoms with Crippen LogP contribution in [-0.4, -0.2) is 25.0 Å². The molecule has 0 fully saturated rings. The minimum Gasteiger partial charge on any atom is -0.641 e. The van der Waals surface area contributed by atoms with Crippen LogP contribution in [0.1, 0.15) is 32.8 Å². The molecule has 25 heavy (non-hydrogen) atoms. The predicted molar refractivity (Wildman–Crippen MR) is 107 cm³/mol. The smallest absolute Gasteiger partial charge is 0.594 e. The van der Waals surface area contributed by atoms with Gasteiger partial charge in [0.25, 0.3) is 0 Å². The zero-order valence-electron chi connectivity index (χ0n) is 15.5. The molecule has 0 bridgehead atoms. The minimum absolute atomic E-state index is 0.168. The predicted octanol–water partition coefficient (Wildman–Crippen LogP) is 5.30. The van der Waals surface area contributed by atoms with Gasteiger partial charge in [-0.15, -0.1) is 0 Å². The topological polar surface area (TPSA) is 30.5 Å². The Morgan fingerprint density at radius 3 is 2.68 bits per heavy atom. The van der Waals surface area contributed by atoms with Crippen molar-refractivity contribution in [2.75, 3.05) is 5.32 Å². The highest BCUT2D eigenvalue weighted by Gasteiger charge is 2.51. The van der Waals surface area contributed by atoms with E-state index in [2.05, 4.69) is 56.2 Å². The van der Waals surface area contributed by atoms with Crippen molar-refractivity contribution >= 4 is 26.2 Å². The van der Waals surface area contributed by atoms with Gasteiger partial charge in [0.2, 0.25) is 0 Å². The second kappa shape index (κ2) is 7.56. The van der Waals surface area contributed by atoms with Gasteiger partial charge in [-0.05, 0) is 38.5 Å². The molecule has 0 spiro atoms. The van der Waals surface area contributed by atoms with Crippen molar-refractivity contribution in [2.24, 2.45) is 0 Å². The third-order valence-corrected chi connectivity index (χ3v) is 7.86. The lowest BCUT2D eigenvalue weighted by Gasteiger charge is -2.43. The van der Waals surface area contributed by atoms with Gasteiger partial charge < -0.3 is 13.8 Å². The Morgan fingerprint density at radius 1 is 1.20 bits per heavy atom. The molecule has 2 aromatic rings. The first-order valence-corrected chi connectivity index (χ1v) is 11.2. The van der Waals surface area contributed by atoms with E-state index in [0.717, 1.165) is 23.6 Å². The van der Waals surface area contributed by atoms with Crippen molar-refractivity contribution in [2.45, 2.75) is 43.5 Å². The third kappa shape index (κ3) is 3.71. The lowest BCUT2D eigenvalue weighted by atomic mass is 10.1. The summed E-state index contributed by atoms with van der Waals surface area (Å²) in [6.07, 6.45) is 5.35. The Kier molecular flexibility index (Phi) is 5.42. The van der Waals surface area contributed by atoms with Gasteiger partial charge in [0.15, 0.2) is 0 Å². The molecule has 0 aliphatic carbocycles. The Morgan fingerprint density at radius 2 is 1.96 bits per heavy atom. The molecule has 1 heterocycles. The van der Waals surface area contributed by atoms with Crippen LogP contribution in [-0.2, 0) is 0 Å². The van der Waals surface area contributed by atoms with Gasteiger partial charge in [-0.25, -0.2) is 0 Å². The first kappa shape index (κ1) is 17.9. The third-order valence-electron chi connectivity index (χ3n) is 5.01. The summed E-state index contributed by atoms with van der Waals surface area (Å²) in [5, 5.41) is 3.67. The van der Waals surface area contributed by atoms with Crippen LogP contribution in [0.5, 0.6) is 11.5 Å².